The summed E-state index contributed by atoms with van der Waals surface area (Å²) in [6, 6.07) is 10.3. The topological polar surface area (TPSA) is 34.1 Å². The Morgan fingerprint density at radius 3 is 2.95 bits per heavy atom. The van der Waals surface area contributed by atoms with Crippen molar-refractivity contribution in [3.05, 3.63) is 58.9 Å². The lowest BCUT2D eigenvalue weighted by atomic mass is 10.2. The van der Waals surface area contributed by atoms with Crippen molar-refractivity contribution in [3.8, 4) is 5.75 Å². The number of aromatic nitrogens is 1. The molecule has 1 N–H and O–H groups in total. The fraction of sp³-hybridized carbons (Fsp3) is 0.312. The van der Waals surface area contributed by atoms with E-state index in [-0.39, 0.29) is 0 Å². The van der Waals surface area contributed by atoms with Crippen molar-refractivity contribution in [2.45, 2.75) is 32.0 Å². The quantitative estimate of drug-likeness (QED) is 0.882. The second kappa shape index (κ2) is 6.25. The van der Waals surface area contributed by atoms with Gasteiger partial charge in [0.15, 0.2) is 0 Å². The Bertz CT molecular complexity index is 570. The molecule has 3 rings (SSSR count). The van der Waals surface area contributed by atoms with Crippen LogP contribution in [0.15, 0.2) is 42.7 Å². The van der Waals surface area contributed by atoms with Crippen molar-refractivity contribution in [1.29, 1.82) is 0 Å². The summed E-state index contributed by atoms with van der Waals surface area (Å²) in [6.07, 6.45) is 6.12. The number of nitrogens with zero attached hydrogens (tertiary/aromatic N) is 1. The molecule has 0 unspecified atom stereocenters. The molecule has 0 atom stereocenters. The fourth-order valence-corrected chi connectivity index (χ4v) is 2.21. The van der Waals surface area contributed by atoms with Gasteiger partial charge in [-0.05, 0) is 37.1 Å². The third kappa shape index (κ3) is 3.71. The Kier molecular flexibility index (Phi) is 4.19. The number of rotatable bonds is 6. The highest BCUT2D eigenvalue weighted by Crippen LogP contribution is 2.26. The van der Waals surface area contributed by atoms with Crippen LogP contribution in [0.1, 0.15) is 24.0 Å². The van der Waals surface area contributed by atoms with Crippen molar-refractivity contribution >= 4 is 11.6 Å². The van der Waals surface area contributed by atoms with E-state index in [2.05, 4.69) is 10.3 Å². The highest BCUT2D eigenvalue weighted by molar-refractivity contribution is 6.30. The zero-order chi connectivity index (χ0) is 13.8. The predicted molar refractivity (Wildman–Crippen MR) is 79.9 cm³/mol. The maximum Gasteiger partial charge on any atom is 0.124 e. The van der Waals surface area contributed by atoms with Crippen molar-refractivity contribution < 1.29 is 4.74 Å². The second-order valence-electron chi connectivity index (χ2n) is 5.06. The van der Waals surface area contributed by atoms with Crippen molar-refractivity contribution in [2.24, 2.45) is 0 Å². The van der Waals surface area contributed by atoms with Gasteiger partial charge in [0.2, 0.25) is 0 Å². The first kappa shape index (κ1) is 13.4. The minimum Gasteiger partial charge on any atom is -0.489 e. The van der Waals surface area contributed by atoms with Crippen LogP contribution in [0.3, 0.4) is 0 Å². The summed E-state index contributed by atoms with van der Waals surface area (Å²) in [4.78, 5) is 4.09. The number of hydrogen-bond acceptors (Lipinski definition) is 3. The van der Waals surface area contributed by atoms with Crippen LogP contribution in [-0.4, -0.2) is 11.0 Å². The molecule has 1 aromatic carbocycles. The first-order valence-corrected chi connectivity index (χ1v) is 7.22. The zero-order valence-corrected chi connectivity index (χ0v) is 11.9. The molecule has 0 saturated heterocycles. The summed E-state index contributed by atoms with van der Waals surface area (Å²) >= 11 is 6.07. The smallest absolute Gasteiger partial charge is 0.124 e. The van der Waals surface area contributed by atoms with Gasteiger partial charge in [0, 0.05) is 41.1 Å². The molecule has 0 bridgehead atoms. The highest BCUT2D eigenvalue weighted by Gasteiger charge is 2.20. The molecule has 0 radical (unpaired) electrons. The summed E-state index contributed by atoms with van der Waals surface area (Å²) in [7, 11) is 0. The van der Waals surface area contributed by atoms with Gasteiger partial charge in [0.05, 0.1) is 0 Å². The number of hydrogen-bond donors (Lipinski definition) is 1. The molecule has 1 saturated carbocycles. The third-order valence-electron chi connectivity index (χ3n) is 3.30. The van der Waals surface area contributed by atoms with E-state index >= 15 is 0 Å². The monoisotopic (exact) mass is 288 g/mol. The van der Waals surface area contributed by atoms with Gasteiger partial charge in [0.1, 0.15) is 12.4 Å². The molecule has 0 amide bonds. The molecule has 1 fully saturated rings. The molecular weight excluding hydrogens is 272 g/mol. The average molecular weight is 289 g/mol. The molecule has 0 spiro atoms. The average Bonchev–Trinajstić information content (AvgIpc) is 3.29. The SMILES string of the molecule is Clc1ccc(OCc2cccnc2)c(CNC2CC2)c1. The summed E-state index contributed by atoms with van der Waals surface area (Å²) < 4.78 is 5.89. The summed E-state index contributed by atoms with van der Waals surface area (Å²) in [5.74, 6) is 0.881. The molecular formula is C16H17ClN2O. The van der Waals surface area contributed by atoms with Crippen molar-refractivity contribution in [1.82, 2.24) is 10.3 Å². The van der Waals surface area contributed by atoms with Gasteiger partial charge >= 0.3 is 0 Å². The third-order valence-corrected chi connectivity index (χ3v) is 3.53. The van der Waals surface area contributed by atoms with Gasteiger partial charge in [-0.2, -0.15) is 0 Å². The zero-order valence-electron chi connectivity index (χ0n) is 11.2. The van der Waals surface area contributed by atoms with E-state index in [9.17, 15) is 0 Å². The summed E-state index contributed by atoms with van der Waals surface area (Å²) in [5, 5.41) is 4.23. The lowest BCUT2D eigenvalue weighted by Gasteiger charge is -2.12. The largest absolute Gasteiger partial charge is 0.489 e. The number of ether oxygens (including phenoxy) is 1. The van der Waals surface area contributed by atoms with Crippen LogP contribution in [0.25, 0.3) is 0 Å². The van der Waals surface area contributed by atoms with Gasteiger partial charge in [-0.3, -0.25) is 4.98 Å². The number of halogens is 1. The van der Waals surface area contributed by atoms with E-state index in [4.69, 9.17) is 16.3 Å². The van der Waals surface area contributed by atoms with Crippen LogP contribution in [-0.2, 0) is 13.2 Å². The fourth-order valence-electron chi connectivity index (χ4n) is 2.01. The molecule has 0 aliphatic heterocycles. The molecule has 2 aromatic rings. The van der Waals surface area contributed by atoms with E-state index in [1.807, 2.05) is 36.5 Å². The van der Waals surface area contributed by atoms with Crippen molar-refractivity contribution in [3.63, 3.8) is 0 Å². The molecule has 1 heterocycles. The van der Waals surface area contributed by atoms with Gasteiger partial charge in [0.25, 0.3) is 0 Å². The van der Waals surface area contributed by atoms with Gasteiger partial charge in [-0.15, -0.1) is 0 Å². The molecule has 1 aromatic heterocycles. The van der Waals surface area contributed by atoms with Gasteiger partial charge < -0.3 is 10.1 Å². The lowest BCUT2D eigenvalue weighted by Crippen LogP contribution is -2.16. The molecule has 1 aliphatic rings. The Hall–Kier alpha value is -1.58. The lowest BCUT2D eigenvalue weighted by molar-refractivity contribution is 0.301. The van der Waals surface area contributed by atoms with Crippen LogP contribution in [0.5, 0.6) is 5.75 Å². The van der Waals surface area contributed by atoms with Crippen molar-refractivity contribution in [2.75, 3.05) is 0 Å². The first-order chi connectivity index (χ1) is 9.81. The van der Waals surface area contributed by atoms with Crippen LogP contribution in [0.4, 0.5) is 0 Å². The second-order valence-corrected chi connectivity index (χ2v) is 5.49. The molecule has 3 nitrogen and oxygen atoms in total. The molecule has 1 aliphatic carbocycles. The van der Waals surface area contributed by atoms with Crippen LogP contribution in [0.2, 0.25) is 5.02 Å². The van der Waals surface area contributed by atoms with Gasteiger partial charge in [-0.25, -0.2) is 0 Å². The van der Waals surface area contributed by atoms with E-state index in [0.717, 1.165) is 28.4 Å². The Labute approximate surface area is 123 Å². The maximum absolute atomic E-state index is 6.07. The minimum absolute atomic E-state index is 0.520. The van der Waals surface area contributed by atoms with E-state index < -0.39 is 0 Å². The summed E-state index contributed by atoms with van der Waals surface area (Å²) in [5.41, 5.74) is 2.16. The Balaban J connectivity index is 1.67. The van der Waals surface area contributed by atoms with Crippen LogP contribution in [0, 0.1) is 0 Å². The molecule has 104 valence electrons. The number of pyridine rings is 1. The van der Waals surface area contributed by atoms with E-state index in [1.165, 1.54) is 12.8 Å². The first-order valence-electron chi connectivity index (χ1n) is 6.85. The Morgan fingerprint density at radius 1 is 1.30 bits per heavy atom. The normalized spacial score (nSPS) is 14.2. The maximum atomic E-state index is 6.07. The van der Waals surface area contributed by atoms with Crippen LogP contribution < -0.4 is 10.1 Å². The highest BCUT2D eigenvalue weighted by atomic mass is 35.5. The van der Waals surface area contributed by atoms with E-state index in [0.29, 0.717) is 12.6 Å². The summed E-state index contributed by atoms with van der Waals surface area (Å²) in [6.45, 7) is 1.32. The number of benzene rings is 1. The van der Waals surface area contributed by atoms with E-state index in [1.54, 1.807) is 6.20 Å². The molecule has 20 heavy (non-hydrogen) atoms. The standard InChI is InChI=1S/C16H17ClN2O/c17-14-3-6-16(13(8-14)10-19-15-4-5-15)20-11-12-2-1-7-18-9-12/h1-3,6-9,15,19H,4-5,10-11H2. The minimum atomic E-state index is 0.520. The van der Waals surface area contributed by atoms with Crippen LogP contribution >= 0.6 is 11.6 Å². The Morgan fingerprint density at radius 2 is 2.20 bits per heavy atom. The molecule has 4 heteroatoms. The number of nitrogens with one attached hydrogen (secondary N) is 1. The predicted octanol–water partition coefficient (Wildman–Crippen LogP) is 3.57. The van der Waals surface area contributed by atoms with Gasteiger partial charge in [-0.1, -0.05) is 17.7 Å².